The lowest BCUT2D eigenvalue weighted by atomic mass is 10.1. The first-order valence-corrected chi connectivity index (χ1v) is 7.54. The highest BCUT2D eigenvalue weighted by Gasteiger charge is 1.96. The molecule has 1 nitrogen and oxygen atoms in total. The lowest BCUT2D eigenvalue weighted by Gasteiger charge is -2.06. The molecule has 2 aromatic carbocycles. The Kier molecular flexibility index (Phi) is 5.62. The van der Waals surface area contributed by atoms with E-state index >= 15 is 0 Å². The summed E-state index contributed by atoms with van der Waals surface area (Å²) in [6, 6.07) is 17.2. The van der Waals surface area contributed by atoms with E-state index in [1.54, 1.807) is 0 Å². The molecule has 0 saturated heterocycles. The van der Waals surface area contributed by atoms with Crippen molar-refractivity contribution in [2.24, 2.45) is 0 Å². The van der Waals surface area contributed by atoms with Crippen molar-refractivity contribution in [1.29, 1.82) is 0 Å². The molecule has 0 unspecified atom stereocenters. The van der Waals surface area contributed by atoms with E-state index in [4.69, 9.17) is 0 Å². The SMILES string of the molecule is Cc1cccc(CCNCCc2cccc(Br)c2)c1. The summed E-state index contributed by atoms with van der Waals surface area (Å²) in [6.07, 6.45) is 2.17. The van der Waals surface area contributed by atoms with E-state index in [9.17, 15) is 0 Å². The van der Waals surface area contributed by atoms with E-state index < -0.39 is 0 Å². The van der Waals surface area contributed by atoms with E-state index in [-0.39, 0.29) is 0 Å². The van der Waals surface area contributed by atoms with Gasteiger partial charge >= 0.3 is 0 Å². The number of aryl methyl sites for hydroxylation is 1. The Balaban J connectivity index is 1.67. The van der Waals surface area contributed by atoms with Gasteiger partial charge in [-0.05, 0) is 56.1 Å². The van der Waals surface area contributed by atoms with E-state index in [0.717, 1.165) is 30.4 Å². The maximum atomic E-state index is 3.51. The molecular formula is C17H20BrN. The van der Waals surface area contributed by atoms with E-state index in [0.29, 0.717) is 0 Å². The van der Waals surface area contributed by atoms with Gasteiger partial charge in [-0.3, -0.25) is 0 Å². The van der Waals surface area contributed by atoms with Crippen LogP contribution in [0.5, 0.6) is 0 Å². The molecule has 0 heterocycles. The highest BCUT2D eigenvalue weighted by molar-refractivity contribution is 9.10. The summed E-state index contributed by atoms with van der Waals surface area (Å²) in [5, 5.41) is 3.51. The molecule has 1 N–H and O–H groups in total. The smallest absolute Gasteiger partial charge is 0.0178 e. The van der Waals surface area contributed by atoms with Gasteiger partial charge in [0.1, 0.15) is 0 Å². The van der Waals surface area contributed by atoms with Crippen molar-refractivity contribution >= 4 is 15.9 Å². The van der Waals surface area contributed by atoms with Gasteiger partial charge in [-0.2, -0.15) is 0 Å². The van der Waals surface area contributed by atoms with Crippen LogP contribution in [-0.2, 0) is 12.8 Å². The van der Waals surface area contributed by atoms with Crippen LogP contribution < -0.4 is 5.32 Å². The Morgan fingerprint density at radius 1 is 0.895 bits per heavy atom. The van der Waals surface area contributed by atoms with Crippen molar-refractivity contribution in [3.63, 3.8) is 0 Å². The largest absolute Gasteiger partial charge is 0.316 e. The van der Waals surface area contributed by atoms with Gasteiger partial charge in [0.05, 0.1) is 0 Å². The molecule has 0 aliphatic heterocycles. The van der Waals surface area contributed by atoms with Crippen LogP contribution in [0.2, 0.25) is 0 Å². The van der Waals surface area contributed by atoms with Gasteiger partial charge < -0.3 is 5.32 Å². The molecule has 0 bridgehead atoms. The minimum atomic E-state index is 1.03. The van der Waals surface area contributed by atoms with E-state index in [1.165, 1.54) is 16.7 Å². The first-order chi connectivity index (χ1) is 9.24. The number of hydrogen-bond donors (Lipinski definition) is 1. The van der Waals surface area contributed by atoms with Crippen LogP contribution in [0.1, 0.15) is 16.7 Å². The molecule has 0 aliphatic rings. The van der Waals surface area contributed by atoms with Crippen LogP contribution in [0.15, 0.2) is 53.0 Å². The van der Waals surface area contributed by atoms with Crippen molar-refractivity contribution < 1.29 is 0 Å². The van der Waals surface area contributed by atoms with Gasteiger partial charge in [0.25, 0.3) is 0 Å². The third kappa shape index (κ3) is 5.17. The fourth-order valence-electron chi connectivity index (χ4n) is 2.15. The predicted molar refractivity (Wildman–Crippen MR) is 85.6 cm³/mol. The second-order valence-electron chi connectivity index (χ2n) is 4.87. The Bertz CT molecular complexity index is 475. The monoisotopic (exact) mass is 317 g/mol. The van der Waals surface area contributed by atoms with Crippen molar-refractivity contribution in [2.75, 3.05) is 13.1 Å². The van der Waals surface area contributed by atoms with Gasteiger partial charge in [0, 0.05) is 4.47 Å². The third-order valence-corrected chi connectivity index (χ3v) is 3.65. The Hall–Kier alpha value is -1.12. The number of halogens is 1. The quantitative estimate of drug-likeness (QED) is 0.790. The molecule has 0 amide bonds. The molecule has 2 aromatic rings. The maximum Gasteiger partial charge on any atom is 0.0178 e. The van der Waals surface area contributed by atoms with Crippen LogP contribution in [0.4, 0.5) is 0 Å². The zero-order valence-corrected chi connectivity index (χ0v) is 12.9. The van der Waals surface area contributed by atoms with Crippen molar-refractivity contribution in [1.82, 2.24) is 5.32 Å². The summed E-state index contributed by atoms with van der Waals surface area (Å²) < 4.78 is 1.16. The summed E-state index contributed by atoms with van der Waals surface area (Å²) >= 11 is 3.50. The van der Waals surface area contributed by atoms with E-state index in [1.807, 2.05) is 0 Å². The van der Waals surface area contributed by atoms with Gasteiger partial charge in [-0.1, -0.05) is 57.9 Å². The highest BCUT2D eigenvalue weighted by atomic mass is 79.9. The zero-order valence-electron chi connectivity index (χ0n) is 11.3. The standard InChI is InChI=1S/C17H20BrN/c1-14-4-2-5-15(12-14)8-10-19-11-9-16-6-3-7-17(18)13-16/h2-7,12-13,19H,8-11H2,1H3. The fraction of sp³-hybridized carbons (Fsp3) is 0.294. The fourth-order valence-corrected chi connectivity index (χ4v) is 2.60. The molecule has 0 aromatic heterocycles. The third-order valence-electron chi connectivity index (χ3n) is 3.15. The van der Waals surface area contributed by atoms with Crippen molar-refractivity contribution in [2.45, 2.75) is 19.8 Å². The molecule has 0 spiro atoms. The van der Waals surface area contributed by atoms with Gasteiger partial charge in [-0.15, -0.1) is 0 Å². The molecule has 2 heteroatoms. The number of benzene rings is 2. The first-order valence-electron chi connectivity index (χ1n) is 6.75. The Morgan fingerprint density at radius 3 is 2.16 bits per heavy atom. The molecule has 0 radical (unpaired) electrons. The van der Waals surface area contributed by atoms with Crippen LogP contribution in [-0.4, -0.2) is 13.1 Å². The molecular weight excluding hydrogens is 298 g/mol. The summed E-state index contributed by atoms with van der Waals surface area (Å²) in [7, 11) is 0. The van der Waals surface area contributed by atoms with Crippen LogP contribution in [0.3, 0.4) is 0 Å². The topological polar surface area (TPSA) is 12.0 Å². The Morgan fingerprint density at radius 2 is 1.53 bits per heavy atom. The van der Waals surface area contributed by atoms with Crippen LogP contribution in [0, 0.1) is 6.92 Å². The molecule has 100 valence electrons. The highest BCUT2D eigenvalue weighted by Crippen LogP contribution is 2.11. The molecule has 2 rings (SSSR count). The lowest BCUT2D eigenvalue weighted by molar-refractivity contribution is 0.681. The lowest BCUT2D eigenvalue weighted by Crippen LogP contribution is -2.20. The second kappa shape index (κ2) is 7.46. The minimum absolute atomic E-state index is 1.03. The number of hydrogen-bond acceptors (Lipinski definition) is 1. The van der Waals surface area contributed by atoms with Gasteiger partial charge in [0.2, 0.25) is 0 Å². The Labute approximate surface area is 124 Å². The summed E-state index contributed by atoms with van der Waals surface area (Å²) in [5.41, 5.74) is 4.12. The zero-order chi connectivity index (χ0) is 13.5. The van der Waals surface area contributed by atoms with Crippen molar-refractivity contribution in [3.8, 4) is 0 Å². The van der Waals surface area contributed by atoms with Gasteiger partial charge in [0.15, 0.2) is 0 Å². The average Bonchev–Trinajstić information content (AvgIpc) is 2.38. The predicted octanol–water partition coefficient (Wildman–Crippen LogP) is 4.13. The molecule has 0 saturated carbocycles. The molecule has 19 heavy (non-hydrogen) atoms. The number of rotatable bonds is 6. The summed E-state index contributed by atoms with van der Waals surface area (Å²) in [6.45, 7) is 4.21. The van der Waals surface area contributed by atoms with Crippen LogP contribution >= 0.6 is 15.9 Å². The average molecular weight is 318 g/mol. The first kappa shape index (κ1) is 14.3. The normalized spacial score (nSPS) is 10.6. The molecule has 0 aliphatic carbocycles. The molecule has 0 atom stereocenters. The summed E-state index contributed by atoms with van der Waals surface area (Å²) in [5.74, 6) is 0. The number of nitrogens with one attached hydrogen (secondary N) is 1. The minimum Gasteiger partial charge on any atom is -0.316 e. The van der Waals surface area contributed by atoms with E-state index in [2.05, 4.69) is 76.7 Å². The second-order valence-corrected chi connectivity index (χ2v) is 5.78. The van der Waals surface area contributed by atoms with Crippen LogP contribution in [0.25, 0.3) is 0 Å². The van der Waals surface area contributed by atoms with Crippen molar-refractivity contribution in [3.05, 3.63) is 69.7 Å². The maximum absolute atomic E-state index is 3.51. The van der Waals surface area contributed by atoms with Gasteiger partial charge in [-0.25, -0.2) is 0 Å². The molecule has 0 fully saturated rings. The summed E-state index contributed by atoms with van der Waals surface area (Å²) in [4.78, 5) is 0.